The zero-order valence-electron chi connectivity index (χ0n) is 21.3. The van der Waals surface area contributed by atoms with Gasteiger partial charge in [-0.3, -0.25) is 14.5 Å². The molecule has 2 aromatic carbocycles. The summed E-state index contributed by atoms with van der Waals surface area (Å²) in [6.07, 6.45) is 0.923. The zero-order valence-corrected chi connectivity index (χ0v) is 21.3. The third-order valence-corrected chi connectivity index (χ3v) is 6.56. The molecule has 2 aromatic rings. The van der Waals surface area contributed by atoms with Crippen LogP contribution in [0.15, 0.2) is 49.1 Å². The van der Waals surface area contributed by atoms with Gasteiger partial charge < -0.3 is 15.0 Å². The van der Waals surface area contributed by atoms with Crippen LogP contribution in [0.4, 0.5) is 4.39 Å². The first-order valence-electron chi connectivity index (χ1n) is 12.1. The second kappa shape index (κ2) is 11.5. The molecule has 3 rings (SSSR count). The number of aryl methyl sites for hydroxylation is 1. The molecular weight excluding hydrogens is 445 g/mol. The van der Waals surface area contributed by atoms with Gasteiger partial charge in [-0.15, -0.1) is 0 Å². The average molecular weight is 482 g/mol. The lowest BCUT2D eigenvalue weighted by Gasteiger charge is -2.40. The van der Waals surface area contributed by atoms with Gasteiger partial charge >= 0.3 is 0 Å². The molecule has 1 unspecified atom stereocenters. The van der Waals surface area contributed by atoms with Gasteiger partial charge in [0.1, 0.15) is 17.7 Å². The van der Waals surface area contributed by atoms with Gasteiger partial charge in [-0.25, -0.2) is 4.39 Å². The number of carbonyl (C=O) groups excluding carboxylic acids is 2. The number of hydrogen-bond donors (Lipinski definition) is 1. The highest BCUT2D eigenvalue weighted by atomic mass is 19.1. The van der Waals surface area contributed by atoms with E-state index in [-0.39, 0.29) is 29.6 Å². The van der Waals surface area contributed by atoms with E-state index < -0.39 is 6.10 Å². The number of piperazine rings is 1. The first-order chi connectivity index (χ1) is 16.6. The van der Waals surface area contributed by atoms with Crippen LogP contribution in [-0.2, 0) is 4.79 Å². The van der Waals surface area contributed by atoms with Crippen LogP contribution in [0.2, 0.25) is 0 Å². The van der Waals surface area contributed by atoms with Gasteiger partial charge in [0.05, 0.1) is 0 Å². The van der Waals surface area contributed by atoms with Crippen molar-refractivity contribution in [3.63, 3.8) is 0 Å². The Morgan fingerprint density at radius 2 is 1.97 bits per heavy atom. The third-order valence-electron chi connectivity index (χ3n) is 6.56. The van der Waals surface area contributed by atoms with E-state index in [2.05, 4.69) is 16.8 Å². The first-order valence-corrected chi connectivity index (χ1v) is 12.1. The monoisotopic (exact) mass is 481 g/mol. The minimum atomic E-state index is -0.426. The zero-order chi connectivity index (χ0) is 25.7. The maximum atomic E-state index is 14.5. The highest BCUT2D eigenvalue weighted by Gasteiger charge is 2.29. The molecule has 7 heteroatoms. The van der Waals surface area contributed by atoms with E-state index in [4.69, 9.17) is 4.74 Å². The topological polar surface area (TPSA) is 61.9 Å². The molecule has 1 fully saturated rings. The van der Waals surface area contributed by atoms with Crippen molar-refractivity contribution in [2.24, 2.45) is 0 Å². The van der Waals surface area contributed by atoms with E-state index in [9.17, 15) is 14.0 Å². The number of amides is 2. The van der Waals surface area contributed by atoms with E-state index in [1.165, 1.54) is 12.1 Å². The van der Waals surface area contributed by atoms with Crippen LogP contribution < -0.4 is 10.1 Å². The fourth-order valence-corrected chi connectivity index (χ4v) is 4.50. The van der Waals surface area contributed by atoms with Crippen LogP contribution in [0.5, 0.6) is 5.75 Å². The molecule has 1 aliphatic heterocycles. The SMILES string of the molecule is C=CC(=O)N1CCN(CC(Oc2ccc(C(=O)NC)c(C(C)C)c2)c2ccc(C)c(F)c2)C[C@H]1C. The van der Waals surface area contributed by atoms with E-state index in [0.717, 1.165) is 11.1 Å². The van der Waals surface area contributed by atoms with Crippen molar-refractivity contribution in [1.29, 1.82) is 0 Å². The van der Waals surface area contributed by atoms with Crippen LogP contribution >= 0.6 is 0 Å². The molecule has 1 N–H and O–H groups in total. The molecule has 2 amide bonds. The maximum Gasteiger partial charge on any atom is 0.251 e. The quantitative estimate of drug-likeness (QED) is 0.566. The number of nitrogens with zero attached hydrogens (tertiary/aromatic N) is 2. The number of hydrogen-bond acceptors (Lipinski definition) is 4. The minimum Gasteiger partial charge on any atom is -0.484 e. The van der Waals surface area contributed by atoms with Gasteiger partial charge in [-0.1, -0.05) is 32.6 Å². The van der Waals surface area contributed by atoms with Crippen LogP contribution in [0.3, 0.4) is 0 Å². The number of carbonyl (C=O) groups is 2. The predicted molar refractivity (Wildman–Crippen MR) is 136 cm³/mol. The molecule has 1 heterocycles. The third kappa shape index (κ3) is 6.28. The summed E-state index contributed by atoms with van der Waals surface area (Å²) in [4.78, 5) is 28.5. The fourth-order valence-electron chi connectivity index (χ4n) is 4.50. The van der Waals surface area contributed by atoms with Crippen molar-refractivity contribution in [1.82, 2.24) is 15.1 Å². The van der Waals surface area contributed by atoms with E-state index in [1.807, 2.05) is 37.8 Å². The normalized spacial score (nSPS) is 17.2. The van der Waals surface area contributed by atoms with Crippen LogP contribution in [-0.4, -0.2) is 60.9 Å². The number of rotatable bonds is 8. The fraction of sp³-hybridized carbons (Fsp3) is 0.429. The lowest BCUT2D eigenvalue weighted by atomic mass is 9.96. The van der Waals surface area contributed by atoms with E-state index in [1.54, 1.807) is 32.2 Å². The van der Waals surface area contributed by atoms with Gasteiger partial charge in [-0.2, -0.15) is 0 Å². The summed E-state index contributed by atoms with van der Waals surface area (Å²) in [6.45, 7) is 13.9. The van der Waals surface area contributed by atoms with Gasteiger partial charge in [0.25, 0.3) is 5.91 Å². The number of ether oxygens (including phenoxy) is 1. The molecule has 0 saturated carbocycles. The van der Waals surface area contributed by atoms with Crippen molar-refractivity contribution in [3.05, 3.63) is 77.1 Å². The molecule has 35 heavy (non-hydrogen) atoms. The molecule has 1 aliphatic rings. The van der Waals surface area contributed by atoms with Crippen molar-refractivity contribution < 1.29 is 18.7 Å². The highest BCUT2D eigenvalue weighted by Crippen LogP contribution is 2.30. The standard InChI is InChI=1S/C28H36FN3O3/c1-7-27(33)32-13-12-31(16-20(32)5)17-26(21-9-8-19(4)25(29)14-21)35-22-10-11-23(28(34)30-6)24(15-22)18(2)3/h7-11,14-15,18,20,26H,1,12-13,16-17H2,2-6H3,(H,30,34)/t20-,26?/m1/s1. The Balaban J connectivity index is 1.88. The van der Waals surface area contributed by atoms with Crippen molar-refractivity contribution in [3.8, 4) is 5.75 Å². The summed E-state index contributed by atoms with van der Waals surface area (Å²) in [5, 5.41) is 2.69. The summed E-state index contributed by atoms with van der Waals surface area (Å²) in [5.41, 5.74) is 2.83. The number of halogens is 1. The van der Waals surface area contributed by atoms with Crippen LogP contribution in [0.25, 0.3) is 0 Å². The van der Waals surface area contributed by atoms with Crippen molar-refractivity contribution >= 4 is 11.8 Å². The summed E-state index contributed by atoms with van der Waals surface area (Å²) in [6, 6.07) is 10.7. The summed E-state index contributed by atoms with van der Waals surface area (Å²) in [7, 11) is 1.61. The van der Waals surface area contributed by atoms with E-state index in [0.29, 0.717) is 43.1 Å². The van der Waals surface area contributed by atoms with Gasteiger partial charge in [0.2, 0.25) is 5.91 Å². The maximum absolute atomic E-state index is 14.5. The van der Waals surface area contributed by atoms with Crippen LogP contribution in [0.1, 0.15) is 59.8 Å². The summed E-state index contributed by atoms with van der Waals surface area (Å²) < 4.78 is 20.9. The average Bonchev–Trinajstić information content (AvgIpc) is 2.84. The molecule has 0 aliphatic carbocycles. The molecular formula is C28H36FN3O3. The Morgan fingerprint density at radius 1 is 1.23 bits per heavy atom. The molecule has 188 valence electrons. The Labute approximate surface area is 207 Å². The molecule has 0 aromatic heterocycles. The molecule has 6 nitrogen and oxygen atoms in total. The Bertz CT molecular complexity index is 1090. The lowest BCUT2D eigenvalue weighted by Crippen LogP contribution is -2.54. The Kier molecular flexibility index (Phi) is 8.67. The highest BCUT2D eigenvalue weighted by molar-refractivity contribution is 5.95. The molecule has 1 saturated heterocycles. The Morgan fingerprint density at radius 3 is 2.57 bits per heavy atom. The second-order valence-electron chi connectivity index (χ2n) is 9.44. The largest absolute Gasteiger partial charge is 0.484 e. The predicted octanol–water partition coefficient (Wildman–Crippen LogP) is 4.46. The number of benzene rings is 2. The van der Waals surface area contributed by atoms with Crippen LogP contribution in [0, 0.1) is 12.7 Å². The second-order valence-corrected chi connectivity index (χ2v) is 9.44. The molecule has 2 atom stereocenters. The van der Waals surface area contributed by atoms with Crippen molar-refractivity contribution in [2.75, 3.05) is 33.2 Å². The van der Waals surface area contributed by atoms with Gasteiger partial charge in [-0.05, 0) is 66.8 Å². The summed E-state index contributed by atoms with van der Waals surface area (Å²) in [5.74, 6) is 0.267. The minimum absolute atomic E-state index is 0.0315. The summed E-state index contributed by atoms with van der Waals surface area (Å²) >= 11 is 0. The van der Waals surface area contributed by atoms with Gasteiger partial charge in [0, 0.05) is 44.8 Å². The number of nitrogens with one attached hydrogen (secondary N) is 1. The first kappa shape index (κ1) is 26.4. The lowest BCUT2D eigenvalue weighted by molar-refractivity contribution is -0.130. The van der Waals surface area contributed by atoms with Gasteiger partial charge in [0.15, 0.2) is 0 Å². The Hall–Kier alpha value is -3.19. The van der Waals surface area contributed by atoms with Crippen molar-refractivity contribution in [2.45, 2.75) is 45.8 Å². The molecule has 0 radical (unpaired) electrons. The molecule has 0 spiro atoms. The molecule has 0 bridgehead atoms. The van der Waals surface area contributed by atoms with E-state index >= 15 is 0 Å². The smallest absolute Gasteiger partial charge is 0.251 e.